The molecule has 1 atom stereocenters. The number of anilines is 1. The average Bonchev–Trinajstić information content (AvgIpc) is 2.47. The van der Waals surface area contributed by atoms with Crippen LogP contribution < -0.4 is 10.4 Å². The summed E-state index contributed by atoms with van der Waals surface area (Å²) in [5.41, 5.74) is 6.24. The molecule has 2 rings (SSSR count). The first-order chi connectivity index (χ1) is 6.66. The van der Waals surface area contributed by atoms with Crippen LogP contribution in [0.15, 0.2) is 36.0 Å². The molecule has 1 aliphatic heterocycles. The fourth-order valence-corrected chi connectivity index (χ4v) is 1.51. The van der Waals surface area contributed by atoms with Gasteiger partial charge in [0.25, 0.3) is 0 Å². The normalized spacial score (nSPS) is 20.6. The van der Waals surface area contributed by atoms with Crippen LogP contribution in [-0.2, 0) is 0 Å². The van der Waals surface area contributed by atoms with Crippen LogP contribution in [0, 0.1) is 6.92 Å². The molecule has 2 N–H and O–H groups in total. The monoisotopic (exact) mass is 190 g/mol. The Morgan fingerprint density at radius 2 is 1.86 bits per heavy atom. The fraction of sp³-hybridized carbons (Fsp3) is 0.273. The van der Waals surface area contributed by atoms with Crippen molar-refractivity contribution in [2.45, 2.75) is 20.1 Å². The van der Waals surface area contributed by atoms with Crippen LogP contribution in [0.25, 0.3) is 0 Å². The molecular formula is C11H14N2O. The Morgan fingerprint density at radius 3 is 2.36 bits per heavy atom. The number of aliphatic hydroxyl groups excluding tert-OH is 1. The van der Waals surface area contributed by atoms with E-state index in [1.807, 2.05) is 38.1 Å². The first-order valence-electron chi connectivity index (χ1n) is 4.66. The fourth-order valence-electron chi connectivity index (χ4n) is 1.51. The maximum Gasteiger partial charge on any atom is 0.166 e. The minimum Gasteiger partial charge on any atom is -0.368 e. The lowest BCUT2D eigenvalue weighted by Gasteiger charge is -2.23. The molecule has 0 saturated carbocycles. The molecule has 0 radical (unpaired) electrons. The van der Waals surface area contributed by atoms with E-state index >= 15 is 0 Å². The Labute approximate surface area is 83.6 Å². The Morgan fingerprint density at radius 1 is 1.21 bits per heavy atom. The highest BCUT2D eigenvalue weighted by atomic mass is 16.3. The van der Waals surface area contributed by atoms with Gasteiger partial charge in [0.05, 0.1) is 5.69 Å². The molecule has 0 amide bonds. The molecule has 14 heavy (non-hydrogen) atoms. The van der Waals surface area contributed by atoms with E-state index in [9.17, 15) is 5.11 Å². The summed E-state index contributed by atoms with van der Waals surface area (Å²) in [6, 6.07) is 8.02. The van der Waals surface area contributed by atoms with Gasteiger partial charge in [-0.3, -0.25) is 5.01 Å². The zero-order valence-electron chi connectivity index (χ0n) is 8.36. The standard InChI is InChI=1S/C11H14N2O/c1-8-3-5-10(6-4-8)13-11(14)7-9(2)12-13/h3-7,11-12,14H,1-2H3. The first-order valence-corrected chi connectivity index (χ1v) is 4.66. The SMILES string of the molecule is CC1=CC(O)N(c2ccc(C)cc2)N1. The molecule has 0 bridgehead atoms. The minimum absolute atomic E-state index is 0.572. The zero-order chi connectivity index (χ0) is 10.1. The quantitative estimate of drug-likeness (QED) is 0.705. The summed E-state index contributed by atoms with van der Waals surface area (Å²) in [5, 5.41) is 11.4. The van der Waals surface area contributed by atoms with Gasteiger partial charge in [-0.25, -0.2) is 0 Å². The van der Waals surface area contributed by atoms with Gasteiger partial charge in [0.1, 0.15) is 0 Å². The highest BCUT2D eigenvalue weighted by Crippen LogP contribution is 2.19. The molecule has 74 valence electrons. The van der Waals surface area contributed by atoms with E-state index in [1.54, 1.807) is 11.1 Å². The molecule has 1 aromatic rings. The van der Waals surface area contributed by atoms with Gasteiger partial charge in [-0.05, 0) is 32.1 Å². The molecule has 1 unspecified atom stereocenters. The van der Waals surface area contributed by atoms with Gasteiger partial charge in [-0.15, -0.1) is 0 Å². The number of hydrogen-bond acceptors (Lipinski definition) is 3. The zero-order valence-corrected chi connectivity index (χ0v) is 8.36. The predicted molar refractivity (Wildman–Crippen MR) is 56.6 cm³/mol. The second-order valence-electron chi connectivity index (χ2n) is 3.58. The van der Waals surface area contributed by atoms with Crippen molar-refractivity contribution in [1.82, 2.24) is 5.43 Å². The number of rotatable bonds is 1. The summed E-state index contributed by atoms with van der Waals surface area (Å²) in [4.78, 5) is 0. The number of allylic oxidation sites excluding steroid dienone is 1. The highest BCUT2D eigenvalue weighted by molar-refractivity contribution is 5.49. The second-order valence-corrected chi connectivity index (χ2v) is 3.58. The van der Waals surface area contributed by atoms with E-state index in [2.05, 4.69) is 5.43 Å². The summed E-state index contributed by atoms with van der Waals surface area (Å²) in [7, 11) is 0. The maximum absolute atomic E-state index is 9.67. The van der Waals surface area contributed by atoms with Gasteiger partial charge in [0.2, 0.25) is 0 Å². The molecule has 0 aliphatic carbocycles. The van der Waals surface area contributed by atoms with Gasteiger partial charge < -0.3 is 10.5 Å². The molecule has 3 heteroatoms. The van der Waals surface area contributed by atoms with Crippen LogP contribution in [0.5, 0.6) is 0 Å². The lowest BCUT2D eigenvalue weighted by Crippen LogP contribution is -2.38. The van der Waals surface area contributed by atoms with Gasteiger partial charge in [-0.2, -0.15) is 0 Å². The average molecular weight is 190 g/mol. The Kier molecular flexibility index (Phi) is 2.17. The third kappa shape index (κ3) is 1.59. The molecule has 1 aliphatic rings. The van der Waals surface area contributed by atoms with Crippen molar-refractivity contribution >= 4 is 5.69 Å². The molecule has 0 saturated heterocycles. The molecule has 0 fully saturated rings. The summed E-state index contributed by atoms with van der Waals surface area (Å²) in [5.74, 6) is 0. The number of nitrogens with one attached hydrogen (secondary N) is 1. The first kappa shape index (κ1) is 9.09. The van der Waals surface area contributed by atoms with Crippen molar-refractivity contribution < 1.29 is 5.11 Å². The molecule has 0 aromatic heterocycles. The molecule has 1 heterocycles. The van der Waals surface area contributed by atoms with Gasteiger partial charge >= 0.3 is 0 Å². The number of hydrogen-bond donors (Lipinski definition) is 2. The van der Waals surface area contributed by atoms with E-state index < -0.39 is 6.23 Å². The smallest absolute Gasteiger partial charge is 0.166 e. The highest BCUT2D eigenvalue weighted by Gasteiger charge is 2.19. The van der Waals surface area contributed by atoms with Crippen molar-refractivity contribution in [1.29, 1.82) is 0 Å². The van der Waals surface area contributed by atoms with Crippen molar-refractivity contribution in [2.75, 3.05) is 5.01 Å². The van der Waals surface area contributed by atoms with E-state index in [-0.39, 0.29) is 0 Å². The summed E-state index contributed by atoms with van der Waals surface area (Å²) < 4.78 is 0. The van der Waals surface area contributed by atoms with E-state index in [1.165, 1.54) is 5.56 Å². The van der Waals surface area contributed by atoms with Crippen LogP contribution in [0.2, 0.25) is 0 Å². The van der Waals surface area contributed by atoms with E-state index in [4.69, 9.17) is 0 Å². The minimum atomic E-state index is -0.572. The summed E-state index contributed by atoms with van der Waals surface area (Å²) in [6.45, 7) is 3.97. The van der Waals surface area contributed by atoms with Crippen LogP contribution >= 0.6 is 0 Å². The Bertz CT molecular complexity index is 356. The Hall–Kier alpha value is -1.48. The van der Waals surface area contributed by atoms with Crippen molar-refractivity contribution in [3.8, 4) is 0 Å². The third-order valence-corrected chi connectivity index (χ3v) is 2.27. The summed E-state index contributed by atoms with van der Waals surface area (Å²) in [6.07, 6.45) is 1.21. The van der Waals surface area contributed by atoms with Crippen LogP contribution in [0.4, 0.5) is 5.69 Å². The van der Waals surface area contributed by atoms with Gasteiger partial charge in [-0.1, -0.05) is 17.7 Å². The van der Waals surface area contributed by atoms with Crippen molar-refractivity contribution in [3.63, 3.8) is 0 Å². The summed E-state index contributed by atoms with van der Waals surface area (Å²) >= 11 is 0. The lowest BCUT2D eigenvalue weighted by atomic mass is 10.2. The lowest BCUT2D eigenvalue weighted by molar-refractivity contribution is 0.218. The van der Waals surface area contributed by atoms with E-state index in [0.717, 1.165) is 11.4 Å². The van der Waals surface area contributed by atoms with Crippen LogP contribution in [0.1, 0.15) is 12.5 Å². The predicted octanol–water partition coefficient (Wildman–Crippen LogP) is 1.54. The number of benzene rings is 1. The topological polar surface area (TPSA) is 35.5 Å². The number of aliphatic hydroxyl groups is 1. The largest absolute Gasteiger partial charge is 0.368 e. The van der Waals surface area contributed by atoms with Gasteiger partial charge in [0, 0.05) is 5.70 Å². The third-order valence-electron chi connectivity index (χ3n) is 2.27. The second kappa shape index (κ2) is 3.35. The maximum atomic E-state index is 9.67. The number of aryl methyl sites for hydroxylation is 1. The van der Waals surface area contributed by atoms with Crippen molar-refractivity contribution in [3.05, 3.63) is 41.6 Å². The number of nitrogens with zero attached hydrogens (tertiary/aromatic N) is 1. The molecular weight excluding hydrogens is 176 g/mol. The van der Waals surface area contributed by atoms with E-state index in [0.29, 0.717) is 0 Å². The Balaban J connectivity index is 2.21. The molecule has 3 nitrogen and oxygen atoms in total. The molecule has 1 aromatic carbocycles. The van der Waals surface area contributed by atoms with Gasteiger partial charge in [0.15, 0.2) is 6.23 Å². The van der Waals surface area contributed by atoms with Crippen molar-refractivity contribution in [2.24, 2.45) is 0 Å². The molecule has 0 spiro atoms. The van der Waals surface area contributed by atoms with Crippen LogP contribution in [-0.4, -0.2) is 11.3 Å². The number of hydrazine groups is 1. The van der Waals surface area contributed by atoms with Crippen LogP contribution in [0.3, 0.4) is 0 Å².